The van der Waals surface area contributed by atoms with Gasteiger partial charge in [-0.2, -0.15) is 11.8 Å². The normalized spacial score (nSPS) is 19.4. The Morgan fingerprint density at radius 3 is 2.41 bits per heavy atom. The minimum atomic E-state index is 0.738. The summed E-state index contributed by atoms with van der Waals surface area (Å²) in [7, 11) is 3.38. The maximum absolute atomic E-state index is 5.59. The van der Waals surface area contributed by atoms with Crippen LogP contribution in [0.15, 0.2) is 18.2 Å². The molecule has 2 fully saturated rings. The maximum atomic E-state index is 5.59. The van der Waals surface area contributed by atoms with Crippen LogP contribution >= 0.6 is 11.8 Å². The van der Waals surface area contributed by atoms with Crippen molar-refractivity contribution in [3.8, 4) is 11.5 Å². The van der Waals surface area contributed by atoms with Crippen molar-refractivity contribution in [2.45, 2.75) is 25.8 Å². The average molecular weight is 388 g/mol. The highest BCUT2D eigenvalue weighted by molar-refractivity contribution is 7.99. The molecule has 6 heteroatoms. The van der Waals surface area contributed by atoms with Crippen LogP contribution in [0.1, 0.15) is 18.4 Å². The zero-order valence-corrected chi connectivity index (χ0v) is 17.3. The molecule has 0 bridgehead atoms. The molecule has 2 aliphatic heterocycles. The van der Waals surface area contributed by atoms with Crippen molar-refractivity contribution >= 4 is 28.5 Å². The summed E-state index contributed by atoms with van der Waals surface area (Å²) in [5, 5.41) is 1.09. The van der Waals surface area contributed by atoms with E-state index in [1.54, 1.807) is 14.2 Å². The molecule has 5 nitrogen and oxygen atoms in total. The van der Waals surface area contributed by atoms with Gasteiger partial charge in [0.25, 0.3) is 0 Å². The Balaban J connectivity index is 1.55. The molecule has 27 heavy (non-hydrogen) atoms. The third-order valence-corrected chi connectivity index (χ3v) is 6.79. The van der Waals surface area contributed by atoms with Gasteiger partial charge in [-0.05, 0) is 37.5 Å². The van der Waals surface area contributed by atoms with Crippen molar-refractivity contribution in [3.05, 3.63) is 23.8 Å². The van der Waals surface area contributed by atoms with E-state index in [4.69, 9.17) is 14.5 Å². The second kappa shape index (κ2) is 8.15. The van der Waals surface area contributed by atoms with E-state index in [0.717, 1.165) is 47.4 Å². The third-order valence-electron chi connectivity index (χ3n) is 5.85. The van der Waals surface area contributed by atoms with Gasteiger partial charge in [-0.25, -0.2) is 4.98 Å². The van der Waals surface area contributed by atoms with Crippen molar-refractivity contribution in [3.63, 3.8) is 0 Å². The molecular formula is C21H29N3O2S. The predicted octanol–water partition coefficient (Wildman–Crippen LogP) is 3.58. The number of benzene rings is 1. The quantitative estimate of drug-likeness (QED) is 0.798. The summed E-state index contributed by atoms with van der Waals surface area (Å²) in [4.78, 5) is 10.1. The van der Waals surface area contributed by atoms with Gasteiger partial charge >= 0.3 is 0 Å². The molecule has 0 saturated carbocycles. The number of hydrogen-bond acceptors (Lipinski definition) is 6. The topological polar surface area (TPSA) is 37.8 Å². The molecule has 0 amide bonds. The number of aromatic nitrogens is 1. The van der Waals surface area contributed by atoms with E-state index in [0.29, 0.717) is 0 Å². The van der Waals surface area contributed by atoms with E-state index >= 15 is 0 Å². The first kappa shape index (κ1) is 18.7. The number of anilines is 1. The molecule has 0 N–H and O–H groups in total. The van der Waals surface area contributed by atoms with E-state index in [1.807, 2.05) is 12.1 Å². The molecule has 2 aliphatic rings. The van der Waals surface area contributed by atoms with Gasteiger partial charge in [0.05, 0.1) is 14.2 Å². The molecule has 146 valence electrons. The van der Waals surface area contributed by atoms with Crippen molar-refractivity contribution in [1.82, 2.24) is 9.88 Å². The molecule has 2 saturated heterocycles. The molecule has 0 unspecified atom stereocenters. The lowest BCUT2D eigenvalue weighted by Crippen LogP contribution is -2.48. The molecule has 2 aromatic rings. The van der Waals surface area contributed by atoms with Gasteiger partial charge in [0, 0.05) is 55.2 Å². The highest BCUT2D eigenvalue weighted by atomic mass is 32.2. The first-order valence-corrected chi connectivity index (χ1v) is 10.9. The zero-order chi connectivity index (χ0) is 18.8. The molecule has 0 radical (unpaired) electrons. The van der Waals surface area contributed by atoms with Gasteiger partial charge in [0.15, 0.2) is 0 Å². The van der Waals surface area contributed by atoms with E-state index in [-0.39, 0.29) is 0 Å². The van der Waals surface area contributed by atoms with Crippen LogP contribution in [0.3, 0.4) is 0 Å². The highest BCUT2D eigenvalue weighted by Gasteiger charge is 2.26. The maximum Gasteiger partial charge on any atom is 0.148 e. The number of fused-ring (bicyclic) bond motifs is 1. The van der Waals surface area contributed by atoms with Gasteiger partial charge in [0.2, 0.25) is 0 Å². The summed E-state index contributed by atoms with van der Waals surface area (Å²) in [6.07, 6.45) is 2.45. The summed E-state index contributed by atoms with van der Waals surface area (Å²) in [5.74, 6) is 5.22. The van der Waals surface area contributed by atoms with Crippen LogP contribution in [0.5, 0.6) is 11.5 Å². The van der Waals surface area contributed by atoms with Gasteiger partial charge in [-0.1, -0.05) is 0 Å². The summed E-state index contributed by atoms with van der Waals surface area (Å²) in [6, 6.07) is 6.91. The minimum absolute atomic E-state index is 0.738. The molecule has 1 aromatic carbocycles. The number of piperidine rings is 1. The Kier molecular flexibility index (Phi) is 5.64. The van der Waals surface area contributed by atoms with Crippen molar-refractivity contribution < 1.29 is 9.47 Å². The van der Waals surface area contributed by atoms with Crippen LogP contribution in [0.4, 0.5) is 5.82 Å². The Morgan fingerprint density at radius 2 is 1.74 bits per heavy atom. The summed E-state index contributed by atoms with van der Waals surface area (Å²) < 4.78 is 11.0. The monoisotopic (exact) mass is 387 g/mol. The second-order valence-electron chi connectivity index (χ2n) is 7.39. The number of hydrogen-bond donors (Lipinski definition) is 0. The Morgan fingerprint density at radius 1 is 1.00 bits per heavy atom. The van der Waals surface area contributed by atoms with E-state index < -0.39 is 0 Å². The largest absolute Gasteiger partial charge is 0.497 e. The van der Waals surface area contributed by atoms with Gasteiger partial charge in [-0.3, -0.25) is 4.90 Å². The summed E-state index contributed by atoms with van der Waals surface area (Å²) in [6.45, 7) is 6.80. The van der Waals surface area contributed by atoms with Crippen molar-refractivity contribution in [1.29, 1.82) is 0 Å². The number of methoxy groups -OCH3 is 2. The number of rotatable bonds is 4. The number of thioether (sulfide) groups is 1. The molecule has 3 heterocycles. The van der Waals surface area contributed by atoms with Crippen LogP contribution in [-0.4, -0.2) is 67.8 Å². The van der Waals surface area contributed by atoms with Crippen LogP contribution in [-0.2, 0) is 0 Å². The lowest BCUT2D eigenvalue weighted by Gasteiger charge is -2.40. The van der Waals surface area contributed by atoms with Gasteiger partial charge in [-0.15, -0.1) is 0 Å². The zero-order valence-electron chi connectivity index (χ0n) is 16.5. The van der Waals surface area contributed by atoms with Crippen LogP contribution < -0.4 is 14.4 Å². The number of pyridine rings is 1. The number of aryl methyl sites for hydroxylation is 1. The first-order chi connectivity index (χ1) is 13.2. The predicted molar refractivity (Wildman–Crippen MR) is 114 cm³/mol. The van der Waals surface area contributed by atoms with E-state index in [9.17, 15) is 0 Å². The number of nitrogens with zero attached hydrogens (tertiary/aromatic N) is 3. The fourth-order valence-corrected chi connectivity index (χ4v) is 5.19. The Labute approximate surface area is 166 Å². The summed E-state index contributed by atoms with van der Waals surface area (Å²) >= 11 is 2.09. The van der Waals surface area contributed by atoms with Crippen LogP contribution in [0, 0.1) is 6.92 Å². The first-order valence-electron chi connectivity index (χ1n) is 9.79. The molecule has 0 spiro atoms. The lowest BCUT2D eigenvalue weighted by molar-refractivity contribution is 0.185. The third kappa shape index (κ3) is 3.83. The number of ether oxygens (including phenoxy) is 2. The molecule has 4 rings (SSSR count). The standard InChI is InChI=1S/C21H29N3O2S/c1-15-12-20(22-21-18(15)13-17(25-2)14-19(21)26-3)24-6-4-16(5-7-24)23-8-10-27-11-9-23/h12-14,16H,4-11H2,1-3H3. The second-order valence-corrected chi connectivity index (χ2v) is 8.61. The Hall–Kier alpha value is -1.66. The van der Waals surface area contributed by atoms with Crippen LogP contribution in [0.25, 0.3) is 10.9 Å². The fraction of sp³-hybridized carbons (Fsp3) is 0.571. The molecule has 1 aromatic heterocycles. The van der Waals surface area contributed by atoms with Crippen molar-refractivity contribution in [2.24, 2.45) is 0 Å². The smallest absolute Gasteiger partial charge is 0.148 e. The molecule has 0 atom stereocenters. The SMILES string of the molecule is COc1cc(OC)c2nc(N3CCC(N4CCSCC4)CC3)cc(C)c2c1. The van der Waals surface area contributed by atoms with Gasteiger partial charge in [0.1, 0.15) is 22.8 Å². The molecular weight excluding hydrogens is 358 g/mol. The summed E-state index contributed by atoms with van der Waals surface area (Å²) in [5.41, 5.74) is 2.13. The van der Waals surface area contributed by atoms with E-state index in [1.165, 1.54) is 43.0 Å². The van der Waals surface area contributed by atoms with Crippen LogP contribution in [0.2, 0.25) is 0 Å². The highest BCUT2D eigenvalue weighted by Crippen LogP contribution is 2.34. The fourth-order valence-electron chi connectivity index (χ4n) is 4.25. The van der Waals surface area contributed by atoms with Crippen molar-refractivity contribution in [2.75, 3.05) is 56.8 Å². The Bertz CT molecular complexity index is 800. The van der Waals surface area contributed by atoms with E-state index in [2.05, 4.69) is 34.6 Å². The minimum Gasteiger partial charge on any atom is -0.497 e. The lowest BCUT2D eigenvalue weighted by atomic mass is 10.0. The molecule has 0 aliphatic carbocycles. The average Bonchev–Trinajstić information content (AvgIpc) is 2.73. The van der Waals surface area contributed by atoms with Gasteiger partial charge < -0.3 is 14.4 Å².